The third-order valence-electron chi connectivity index (χ3n) is 2.83. The van der Waals surface area contributed by atoms with Crippen LogP contribution >= 0.6 is 11.9 Å². The van der Waals surface area contributed by atoms with Crippen LogP contribution in [0.3, 0.4) is 0 Å². The van der Waals surface area contributed by atoms with Gasteiger partial charge in [-0.1, -0.05) is 30.3 Å². The van der Waals surface area contributed by atoms with Crippen molar-refractivity contribution in [2.45, 2.75) is 6.61 Å². The average molecular weight is 309 g/mol. The van der Waals surface area contributed by atoms with E-state index in [2.05, 4.69) is 4.29 Å². The van der Waals surface area contributed by atoms with Crippen LogP contribution < -0.4 is 5.43 Å². The van der Waals surface area contributed by atoms with Crippen LogP contribution in [0.25, 0.3) is 10.8 Å². The van der Waals surface area contributed by atoms with Crippen molar-refractivity contribution in [2.75, 3.05) is 0 Å². The first-order valence-corrected chi connectivity index (χ1v) is 6.41. The number of rotatable bonds is 2. The van der Waals surface area contributed by atoms with Gasteiger partial charge in [0.2, 0.25) is 0 Å². The summed E-state index contributed by atoms with van der Waals surface area (Å²) >= 11 is 5.04. The van der Waals surface area contributed by atoms with Crippen molar-refractivity contribution >= 4 is 22.6 Å². The molecule has 0 heterocycles. The predicted octanol–water partition coefficient (Wildman–Crippen LogP) is 4.27. The minimum atomic E-state index is -0.688. The van der Waals surface area contributed by atoms with Gasteiger partial charge in [0.1, 0.15) is 11.6 Å². The molecule has 0 aliphatic carbocycles. The number of hydrogen-bond acceptors (Lipinski definition) is 2. The monoisotopic (exact) mass is 308 g/mol. The molecule has 2 bridgehead atoms. The van der Waals surface area contributed by atoms with E-state index >= 15 is 0 Å². The lowest BCUT2D eigenvalue weighted by molar-refractivity contribution is 0.341. The first-order chi connectivity index (χ1) is 10.1. The Bertz CT molecular complexity index is 737. The van der Waals surface area contributed by atoms with E-state index in [1.54, 1.807) is 0 Å². The lowest BCUT2D eigenvalue weighted by atomic mass is 10.2. The third kappa shape index (κ3) is 3.97. The fourth-order valence-electron chi connectivity index (χ4n) is 1.78. The summed E-state index contributed by atoms with van der Waals surface area (Å²) in [5, 5.41) is -0.0906. The summed E-state index contributed by atoms with van der Waals surface area (Å²) in [6.45, 7) is 0.475. The Morgan fingerprint density at radius 2 is 1.57 bits per heavy atom. The third-order valence-corrected chi connectivity index (χ3v) is 2.94. The molecule has 0 amide bonds. The van der Waals surface area contributed by atoms with Crippen molar-refractivity contribution in [3.63, 3.8) is 0 Å². The highest BCUT2D eigenvalue weighted by molar-refractivity contribution is 6.07. The summed E-state index contributed by atoms with van der Waals surface area (Å²) in [6.07, 6.45) is 0. The molecule has 4 aromatic carbocycles. The van der Waals surface area contributed by atoms with E-state index in [4.69, 9.17) is 11.9 Å². The summed E-state index contributed by atoms with van der Waals surface area (Å²) in [6, 6.07) is 14.2. The largest absolute Gasteiger partial charge is 0.289 e. The van der Waals surface area contributed by atoms with Crippen LogP contribution in [-0.4, -0.2) is 0 Å². The number of benzene rings is 2. The quantitative estimate of drug-likeness (QED) is 0.706. The van der Waals surface area contributed by atoms with Gasteiger partial charge in [0.05, 0.1) is 18.5 Å². The molecular weight excluding hydrogens is 298 g/mol. The molecule has 0 aromatic heterocycles. The molecule has 0 N–H and O–H groups in total. The maximum absolute atomic E-state index is 12.9. The molecule has 4 aromatic rings. The smallest absolute Gasteiger partial charge is 0.186 e. The Morgan fingerprint density at radius 3 is 2.14 bits per heavy atom. The summed E-state index contributed by atoms with van der Waals surface area (Å²) in [5.74, 6) is -1.38. The molecule has 0 saturated heterocycles. The molecular formula is C16H11ClF2O2. The molecule has 0 fully saturated rings. The molecule has 0 aliphatic heterocycles. The molecule has 0 spiro atoms. The summed E-state index contributed by atoms with van der Waals surface area (Å²) < 4.78 is 30.2. The van der Waals surface area contributed by atoms with Crippen LogP contribution in [0.1, 0.15) is 5.56 Å². The minimum Gasteiger partial charge on any atom is -0.289 e. The van der Waals surface area contributed by atoms with Gasteiger partial charge >= 0.3 is 0 Å². The summed E-state index contributed by atoms with van der Waals surface area (Å²) in [7, 11) is 0. The van der Waals surface area contributed by atoms with Crippen LogP contribution in [-0.2, 0) is 10.9 Å². The first kappa shape index (κ1) is 15.4. The summed E-state index contributed by atoms with van der Waals surface area (Å²) in [5.41, 5.74) is 0.723. The molecule has 4 rings (SSSR count). The first-order valence-electron chi connectivity index (χ1n) is 6.10. The Balaban J connectivity index is 0.000000161. The van der Waals surface area contributed by atoms with Crippen molar-refractivity contribution in [1.29, 1.82) is 0 Å². The topological polar surface area (TPSA) is 26.3 Å². The van der Waals surface area contributed by atoms with Crippen LogP contribution in [0.15, 0.2) is 59.4 Å². The van der Waals surface area contributed by atoms with Crippen molar-refractivity contribution in [2.24, 2.45) is 0 Å². The lowest BCUT2D eigenvalue weighted by Gasteiger charge is -1.92. The number of hydrogen-bond donors (Lipinski definition) is 0. The zero-order valence-electron chi connectivity index (χ0n) is 10.9. The Hall–Kier alpha value is -2.04. The molecule has 21 heavy (non-hydrogen) atoms. The van der Waals surface area contributed by atoms with Gasteiger partial charge in [-0.15, -0.1) is 0 Å². The lowest BCUT2D eigenvalue weighted by Crippen LogP contribution is -1.93. The van der Waals surface area contributed by atoms with E-state index in [1.165, 1.54) is 0 Å². The fourth-order valence-corrected chi connectivity index (χ4v) is 1.90. The molecule has 5 heteroatoms. The van der Waals surface area contributed by atoms with Crippen molar-refractivity contribution in [1.82, 2.24) is 0 Å². The van der Waals surface area contributed by atoms with Gasteiger partial charge in [-0.25, -0.2) is 8.78 Å². The molecule has 0 radical (unpaired) electrons. The van der Waals surface area contributed by atoms with Gasteiger partial charge in [-0.3, -0.25) is 9.08 Å². The van der Waals surface area contributed by atoms with Gasteiger partial charge < -0.3 is 0 Å². The SMILES string of the molecule is ClOCc1ccccc1.O=c1ccc2c(F)cc1cc2F. The second kappa shape index (κ2) is 7.11. The highest BCUT2D eigenvalue weighted by atomic mass is 35.5. The highest BCUT2D eigenvalue weighted by Gasteiger charge is 2.06. The molecule has 0 saturated carbocycles. The van der Waals surface area contributed by atoms with E-state index in [1.807, 2.05) is 30.3 Å². The number of halogens is 3. The van der Waals surface area contributed by atoms with Crippen LogP contribution in [0.5, 0.6) is 0 Å². The van der Waals surface area contributed by atoms with Gasteiger partial charge in [-0.2, -0.15) is 0 Å². The average Bonchev–Trinajstić information content (AvgIpc) is 2.69. The van der Waals surface area contributed by atoms with Crippen molar-refractivity contribution < 1.29 is 13.1 Å². The Morgan fingerprint density at radius 1 is 0.952 bits per heavy atom. The van der Waals surface area contributed by atoms with E-state index < -0.39 is 11.6 Å². The minimum absolute atomic E-state index is 0.0579. The maximum atomic E-state index is 12.9. The van der Waals surface area contributed by atoms with Crippen molar-refractivity contribution in [3.05, 3.63) is 82.0 Å². The molecule has 108 valence electrons. The van der Waals surface area contributed by atoms with E-state index in [9.17, 15) is 13.6 Å². The van der Waals surface area contributed by atoms with Gasteiger partial charge in [-0.05, 0) is 29.8 Å². The van der Waals surface area contributed by atoms with Gasteiger partial charge in [0.25, 0.3) is 0 Å². The zero-order valence-corrected chi connectivity index (χ0v) is 11.6. The standard InChI is InChI=1S/C9H4F2O.C7H7ClO/c10-7-3-5-4-8(11)6(7)1-2-9(5)12;8-9-6-7-4-2-1-3-5-7/h1-4H;1-5H,6H2. The molecule has 0 unspecified atom stereocenters. The van der Waals surface area contributed by atoms with E-state index in [-0.39, 0.29) is 16.2 Å². The highest BCUT2D eigenvalue weighted by Crippen LogP contribution is 2.15. The van der Waals surface area contributed by atoms with E-state index in [0.29, 0.717) is 6.61 Å². The maximum Gasteiger partial charge on any atom is 0.186 e. The Kier molecular flexibility index (Phi) is 5.20. The normalized spacial score (nSPS) is 10.2. The fraction of sp³-hybridized carbons (Fsp3) is 0.0625. The van der Waals surface area contributed by atoms with Gasteiger partial charge in [0, 0.05) is 10.8 Å². The van der Waals surface area contributed by atoms with E-state index in [0.717, 1.165) is 29.8 Å². The van der Waals surface area contributed by atoms with Crippen LogP contribution in [0.4, 0.5) is 8.78 Å². The zero-order chi connectivity index (χ0) is 15.2. The molecule has 0 aliphatic rings. The molecule has 0 atom stereocenters. The van der Waals surface area contributed by atoms with Crippen LogP contribution in [0.2, 0.25) is 0 Å². The Labute approximate surface area is 125 Å². The summed E-state index contributed by atoms with van der Waals surface area (Å²) in [4.78, 5) is 11.0. The molecule has 2 nitrogen and oxygen atoms in total. The van der Waals surface area contributed by atoms with Gasteiger partial charge in [0.15, 0.2) is 5.43 Å². The van der Waals surface area contributed by atoms with Crippen LogP contribution in [0, 0.1) is 11.6 Å². The second-order valence-electron chi connectivity index (χ2n) is 4.29. The van der Waals surface area contributed by atoms with Crippen molar-refractivity contribution in [3.8, 4) is 0 Å². The number of fused-ring (bicyclic) bond motifs is 4. The predicted molar refractivity (Wildman–Crippen MR) is 78.4 cm³/mol. The second-order valence-corrected chi connectivity index (χ2v) is 4.51.